The number of likely N-dealkylation sites (tertiary alicyclic amines) is 1. The summed E-state index contributed by atoms with van der Waals surface area (Å²) in [6.45, 7) is 1.87. The van der Waals surface area contributed by atoms with Gasteiger partial charge in [0.1, 0.15) is 0 Å². The first kappa shape index (κ1) is 21.7. The van der Waals surface area contributed by atoms with Gasteiger partial charge in [-0.25, -0.2) is 13.6 Å². The van der Waals surface area contributed by atoms with Crippen LogP contribution in [0.4, 0.5) is 25.0 Å². The fraction of sp³-hybridized carbons (Fsp3) is 0.364. The molecule has 6 nitrogen and oxygen atoms in total. The summed E-state index contributed by atoms with van der Waals surface area (Å²) < 4.78 is 26.3. The number of rotatable bonds is 7. The predicted molar refractivity (Wildman–Crippen MR) is 112 cm³/mol. The molecule has 2 aromatic rings. The lowest BCUT2D eigenvalue weighted by atomic mass is 10.0. The van der Waals surface area contributed by atoms with Crippen molar-refractivity contribution in [1.82, 2.24) is 10.2 Å². The van der Waals surface area contributed by atoms with Crippen LogP contribution in [-0.2, 0) is 4.79 Å². The molecule has 2 aromatic carbocycles. The minimum atomic E-state index is -0.997. The quantitative estimate of drug-likeness (QED) is 0.640. The minimum absolute atomic E-state index is 0.149. The van der Waals surface area contributed by atoms with Crippen LogP contribution in [0.3, 0.4) is 0 Å². The lowest BCUT2D eigenvalue weighted by Gasteiger charge is -2.35. The van der Waals surface area contributed by atoms with E-state index in [0.717, 1.165) is 43.6 Å². The Kier molecular flexibility index (Phi) is 7.73. The van der Waals surface area contributed by atoms with Crippen molar-refractivity contribution in [2.75, 3.05) is 30.3 Å². The second-order valence-corrected chi connectivity index (χ2v) is 7.31. The molecule has 0 aliphatic carbocycles. The standard InChI is InChI=1S/C22H26F2N4O2/c23-19-10-9-17(14-20(19)24)26-21(29)11-13-28-12-5-4-8-18(28)15-25-22(30)27-16-6-2-1-3-7-16/h1-3,6-7,9-10,14,18H,4-5,8,11-13,15H2,(H,26,29)(H2,25,27,30). The van der Waals surface area contributed by atoms with Crippen molar-refractivity contribution in [2.45, 2.75) is 31.7 Å². The van der Waals surface area contributed by atoms with Crippen molar-refractivity contribution in [1.29, 1.82) is 0 Å². The number of para-hydroxylation sites is 1. The molecule has 1 saturated heterocycles. The molecule has 8 heteroatoms. The van der Waals surface area contributed by atoms with Crippen LogP contribution in [0.5, 0.6) is 0 Å². The summed E-state index contributed by atoms with van der Waals surface area (Å²) in [5.41, 5.74) is 0.956. The van der Waals surface area contributed by atoms with Crippen molar-refractivity contribution >= 4 is 23.3 Å². The zero-order valence-electron chi connectivity index (χ0n) is 16.7. The van der Waals surface area contributed by atoms with Crippen LogP contribution in [0, 0.1) is 11.6 Å². The molecule has 0 bridgehead atoms. The highest BCUT2D eigenvalue weighted by molar-refractivity contribution is 5.91. The summed E-state index contributed by atoms with van der Waals surface area (Å²) in [5, 5.41) is 8.28. The van der Waals surface area contributed by atoms with Crippen molar-refractivity contribution in [3.05, 3.63) is 60.2 Å². The van der Waals surface area contributed by atoms with Gasteiger partial charge in [-0.1, -0.05) is 24.6 Å². The number of carbonyl (C=O) groups excluding carboxylic acids is 2. The maximum absolute atomic E-state index is 13.3. The normalized spacial score (nSPS) is 16.7. The van der Waals surface area contributed by atoms with Crippen LogP contribution in [-0.4, -0.2) is 42.5 Å². The fourth-order valence-corrected chi connectivity index (χ4v) is 3.54. The molecule has 0 spiro atoms. The predicted octanol–water partition coefficient (Wildman–Crippen LogP) is 3.97. The second-order valence-electron chi connectivity index (χ2n) is 7.31. The third-order valence-electron chi connectivity index (χ3n) is 5.11. The van der Waals surface area contributed by atoms with Crippen LogP contribution in [0.25, 0.3) is 0 Å². The molecular formula is C22H26F2N4O2. The number of urea groups is 1. The Labute approximate surface area is 174 Å². The smallest absolute Gasteiger partial charge is 0.319 e. The highest BCUT2D eigenvalue weighted by Crippen LogP contribution is 2.18. The summed E-state index contributed by atoms with van der Waals surface area (Å²) in [7, 11) is 0. The maximum atomic E-state index is 13.3. The van der Waals surface area contributed by atoms with Crippen molar-refractivity contribution in [3.8, 4) is 0 Å². The van der Waals surface area contributed by atoms with E-state index in [-0.39, 0.29) is 30.1 Å². The van der Waals surface area contributed by atoms with E-state index in [1.54, 1.807) is 0 Å². The largest absolute Gasteiger partial charge is 0.336 e. The van der Waals surface area contributed by atoms with Crippen LogP contribution < -0.4 is 16.0 Å². The first-order valence-electron chi connectivity index (χ1n) is 10.1. The minimum Gasteiger partial charge on any atom is -0.336 e. The first-order valence-corrected chi connectivity index (χ1v) is 10.1. The Hall–Kier alpha value is -3.00. The lowest BCUT2D eigenvalue weighted by Crippen LogP contribution is -2.48. The molecule has 3 rings (SSSR count). The molecule has 0 saturated carbocycles. The van der Waals surface area contributed by atoms with Gasteiger partial charge in [-0.3, -0.25) is 9.69 Å². The summed E-state index contributed by atoms with van der Waals surface area (Å²) in [5.74, 6) is -2.21. The monoisotopic (exact) mass is 416 g/mol. The molecular weight excluding hydrogens is 390 g/mol. The summed E-state index contributed by atoms with van der Waals surface area (Å²) in [6, 6.07) is 12.4. The van der Waals surface area contributed by atoms with Gasteiger partial charge in [-0.15, -0.1) is 0 Å². The van der Waals surface area contributed by atoms with Gasteiger partial charge >= 0.3 is 6.03 Å². The van der Waals surface area contributed by atoms with Gasteiger partial charge < -0.3 is 16.0 Å². The van der Waals surface area contributed by atoms with E-state index < -0.39 is 11.6 Å². The van der Waals surface area contributed by atoms with E-state index in [2.05, 4.69) is 20.9 Å². The molecule has 3 N–H and O–H groups in total. The van der Waals surface area contributed by atoms with Crippen molar-refractivity contribution in [2.24, 2.45) is 0 Å². The molecule has 0 radical (unpaired) electrons. The van der Waals surface area contributed by atoms with E-state index >= 15 is 0 Å². The van der Waals surface area contributed by atoms with Crippen LogP contribution in [0.1, 0.15) is 25.7 Å². The summed E-state index contributed by atoms with van der Waals surface area (Å²) in [6.07, 6.45) is 3.28. The fourth-order valence-electron chi connectivity index (χ4n) is 3.54. The van der Waals surface area contributed by atoms with Gasteiger partial charge in [0, 0.05) is 43.0 Å². The number of hydrogen-bond acceptors (Lipinski definition) is 3. The van der Waals surface area contributed by atoms with Crippen molar-refractivity contribution < 1.29 is 18.4 Å². The highest BCUT2D eigenvalue weighted by Gasteiger charge is 2.23. The van der Waals surface area contributed by atoms with E-state index in [4.69, 9.17) is 0 Å². The average molecular weight is 416 g/mol. The molecule has 1 fully saturated rings. The Morgan fingerprint density at radius 2 is 1.77 bits per heavy atom. The SMILES string of the molecule is O=C(CCN1CCCCC1CNC(=O)Nc1ccccc1)Nc1ccc(F)c(F)c1. The van der Waals surface area contributed by atoms with E-state index in [9.17, 15) is 18.4 Å². The Morgan fingerprint density at radius 1 is 0.967 bits per heavy atom. The molecule has 1 unspecified atom stereocenters. The number of benzene rings is 2. The van der Waals surface area contributed by atoms with Gasteiger partial charge in [-0.2, -0.15) is 0 Å². The third kappa shape index (κ3) is 6.52. The van der Waals surface area contributed by atoms with Crippen molar-refractivity contribution in [3.63, 3.8) is 0 Å². The summed E-state index contributed by atoms with van der Waals surface area (Å²) >= 11 is 0. The van der Waals surface area contributed by atoms with Gasteiger partial charge in [-0.05, 0) is 43.7 Å². The zero-order valence-corrected chi connectivity index (χ0v) is 16.7. The molecule has 3 amide bonds. The number of halogens is 2. The van der Waals surface area contributed by atoms with E-state index in [0.29, 0.717) is 13.1 Å². The maximum Gasteiger partial charge on any atom is 0.319 e. The number of nitrogens with one attached hydrogen (secondary N) is 3. The van der Waals surface area contributed by atoms with Gasteiger partial charge in [0.2, 0.25) is 5.91 Å². The molecule has 1 heterocycles. The molecule has 160 valence electrons. The van der Waals surface area contributed by atoms with Crippen LogP contribution in [0.15, 0.2) is 48.5 Å². The molecule has 1 aliphatic heterocycles. The molecule has 1 atom stereocenters. The number of piperidine rings is 1. The Balaban J connectivity index is 1.44. The number of anilines is 2. The van der Waals surface area contributed by atoms with Crippen LogP contribution >= 0.6 is 0 Å². The Bertz CT molecular complexity index is 863. The number of carbonyl (C=O) groups is 2. The summed E-state index contributed by atoms with van der Waals surface area (Å²) in [4.78, 5) is 26.5. The van der Waals surface area contributed by atoms with Gasteiger partial charge in [0.15, 0.2) is 11.6 Å². The first-order chi connectivity index (χ1) is 14.5. The van der Waals surface area contributed by atoms with Gasteiger partial charge in [0.05, 0.1) is 0 Å². The topological polar surface area (TPSA) is 73.5 Å². The number of nitrogens with zero attached hydrogens (tertiary/aromatic N) is 1. The third-order valence-corrected chi connectivity index (χ3v) is 5.11. The van der Waals surface area contributed by atoms with E-state index in [1.165, 1.54) is 6.07 Å². The molecule has 30 heavy (non-hydrogen) atoms. The molecule has 0 aromatic heterocycles. The number of hydrogen-bond donors (Lipinski definition) is 3. The molecule has 1 aliphatic rings. The van der Waals surface area contributed by atoms with Crippen LogP contribution in [0.2, 0.25) is 0 Å². The lowest BCUT2D eigenvalue weighted by molar-refractivity contribution is -0.116. The Morgan fingerprint density at radius 3 is 2.53 bits per heavy atom. The van der Waals surface area contributed by atoms with E-state index in [1.807, 2.05) is 30.3 Å². The average Bonchev–Trinajstić information content (AvgIpc) is 2.75. The van der Waals surface area contributed by atoms with Gasteiger partial charge in [0.25, 0.3) is 0 Å². The zero-order chi connectivity index (χ0) is 21.3. The second kappa shape index (κ2) is 10.7. The number of amides is 3. The highest BCUT2D eigenvalue weighted by atomic mass is 19.2.